The largest absolute Gasteiger partial charge is 0.391 e. The molecule has 0 spiro atoms. The zero-order valence-electron chi connectivity index (χ0n) is 8.95. The van der Waals surface area contributed by atoms with Gasteiger partial charge in [0.25, 0.3) is 0 Å². The van der Waals surface area contributed by atoms with Crippen molar-refractivity contribution in [3.05, 3.63) is 54.1 Å². The molecule has 2 atom stereocenters. The second-order valence-electron chi connectivity index (χ2n) is 4.26. The smallest absolute Gasteiger partial charge is 0.0952 e. The van der Waals surface area contributed by atoms with Gasteiger partial charge in [-0.05, 0) is 24.0 Å². The Labute approximate surface area is 94.4 Å². The van der Waals surface area contributed by atoms with Crippen LogP contribution in [0, 0.1) is 0 Å². The number of aliphatic hydroxyl groups is 1. The van der Waals surface area contributed by atoms with Crippen LogP contribution in [0.3, 0.4) is 0 Å². The highest BCUT2D eigenvalue weighted by molar-refractivity contribution is 5.34. The SMILES string of the molecule is O[C@@H]1CCc2ccccc2[C@@H]1n1ccnc1. The summed E-state index contributed by atoms with van der Waals surface area (Å²) < 4.78 is 1.99. The number of aryl methyl sites for hydroxylation is 1. The van der Waals surface area contributed by atoms with Gasteiger partial charge in [-0.3, -0.25) is 0 Å². The van der Waals surface area contributed by atoms with Gasteiger partial charge in [-0.25, -0.2) is 4.98 Å². The first kappa shape index (κ1) is 9.60. The minimum Gasteiger partial charge on any atom is -0.391 e. The molecule has 0 bridgehead atoms. The number of aliphatic hydroxyl groups excluding tert-OH is 1. The fraction of sp³-hybridized carbons (Fsp3) is 0.308. The first-order valence-corrected chi connectivity index (χ1v) is 5.59. The van der Waals surface area contributed by atoms with Crippen LogP contribution in [-0.2, 0) is 6.42 Å². The van der Waals surface area contributed by atoms with E-state index in [1.807, 2.05) is 16.8 Å². The zero-order valence-corrected chi connectivity index (χ0v) is 8.95. The zero-order chi connectivity index (χ0) is 11.0. The van der Waals surface area contributed by atoms with Gasteiger partial charge in [0.2, 0.25) is 0 Å². The van der Waals surface area contributed by atoms with Crippen LogP contribution >= 0.6 is 0 Å². The molecule has 3 nitrogen and oxygen atoms in total. The van der Waals surface area contributed by atoms with Gasteiger partial charge in [0.15, 0.2) is 0 Å². The van der Waals surface area contributed by atoms with E-state index in [0.717, 1.165) is 12.8 Å². The van der Waals surface area contributed by atoms with Gasteiger partial charge in [0, 0.05) is 12.4 Å². The molecule has 0 saturated heterocycles. The van der Waals surface area contributed by atoms with Crippen molar-refractivity contribution in [1.82, 2.24) is 9.55 Å². The number of fused-ring (bicyclic) bond motifs is 1. The van der Waals surface area contributed by atoms with Crippen LogP contribution in [0.1, 0.15) is 23.6 Å². The summed E-state index contributed by atoms with van der Waals surface area (Å²) in [6, 6.07) is 8.35. The van der Waals surface area contributed by atoms with Crippen LogP contribution in [0.15, 0.2) is 43.0 Å². The molecule has 1 aliphatic rings. The lowest BCUT2D eigenvalue weighted by Gasteiger charge is -2.31. The summed E-state index contributed by atoms with van der Waals surface area (Å²) in [5, 5.41) is 10.1. The van der Waals surface area contributed by atoms with E-state index >= 15 is 0 Å². The lowest BCUT2D eigenvalue weighted by Crippen LogP contribution is -2.29. The standard InChI is InChI=1S/C13H14N2O/c16-12-6-5-10-3-1-2-4-11(10)13(12)15-8-7-14-9-15/h1-4,7-9,12-13,16H,5-6H2/t12-,13+/m1/s1. The average molecular weight is 214 g/mol. The van der Waals surface area contributed by atoms with Crippen LogP contribution in [0.5, 0.6) is 0 Å². The fourth-order valence-corrected chi connectivity index (χ4v) is 2.51. The van der Waals surface area contributed by atoms with E-state index in [2.05, 4.69) is 23.2 Å². The van der Waals surface area contributed by atoms with Crippen molar-refractivity contribution in [1.29, 1.82) is 0 Å². The normalized spacial score (nSPS) is 24.1. The number of benzene rings is 1. The Morgan fingerprint density at radius 1 is 1.31 bits per heavy atom. The summed E-state index contributed by atoms with van der Waals surface area (Å²) >= 11 is 0. The predicted molar refractivity (Wildman–Crippen MR) is 61.1 cm³/mol. The molecule has 0 radical (unpaired) electrons. The molecule has 1 N–H and O–H groups in total. The highest BCUT2D eigenvalue weighted by Gasteiger charge is 2.28. The predicted octanol–water partition coefficient (Wildman–Crippen LogP) is 1.78. The third-order valence-electron chi connectivity index (χ3n) is 3.29. The first-order valence-electron chi connectivity index (χ1n) is 5.59. The maximum atomic E-state index is 10.1. The van der Waals surface area contributed by atoms with Crippen molar-refractivity contribution >= 4 is 0 Å². The summed E-state index contributed by atoms with van der Waals surface area (Å²) in [6.07, 6.45) is 6.90. The van der Waals surface area contributed by atoms with E-state index in [0.29, 0.717) is 0 Å². The molecular formula is C13H14N2O. The molecule has 1 aromatic heterocycles. The average Bonchev–Trinajstić information content (AvgIpc) is 2.82. The minimum absolute atomic E-state index is 0.0208. The number of imidazole rings is 1. The summed E-state index contributed by atoms with van der Waals surface area (Å²) in [4.78, 5) is 4.06. The van der Waals surface area contributed by atoms with Gasteiger partial charge in [0.1, 0.15) is 0 Å². The van der Waals surface area contributed by atoms with Gasteiger partial charge >= 0.3 is 0 Å². The van der Waals surface area contributed by atoms with Gasteiger partial charge in [0.05, 0.1) is 18.5 Å². The Hall–Kier alpha value is -1.61. The van der Waals surface area contributed by atoms with Crippen LogP contribution in [-0.4, -0.2) is 20.8 Å². The fourth-order valence-electron chi connectivity index (χ4n) is 2.51. The monoisotopic (exact) mass is 214 g/mol. The van der Waals surface area contributed by atoms with Crippen molar-refractivity contribution in [2.45, 2.75) is 25.0 Å². The van der Waals surface area contributed by atoms with Crippen molar-refractivity contribution in [2.75, 3.05) is 0 Å². The Kier molecular flexibility index (Phi) is 2.26. The van der Waals surface area contributed by atoms with Crippen molar-refractivity contribution in [3.63, 3.8) is 0 Å². The first-order chi connectivity index (χ1) is 7.86. The maximum Gasteiger partial charge on any atom is 0.0952 e. The summed E-state index contributed by atoms with van der Waals surface area (Å²) in [7, 11) is 0. The molecule has 2 aromatic rings. The highest BCUT2D eigenvalue weighted by Crippen LogP contribution is 2.32. The number of hydrogen-bond donors (Lipinski definition) is 1. The van der Waals surface area contributed by atoms with E-state index < -0.39 is 0 Å². The molecule has 0 fully saturated rings. The third-order valence-corrected chi connectivity index (χ3v) is 3.29. The van der Waals surface area contributed by atoms with Gasteiger partial charge in [-0.15, -0.1) is 0 Å². The van der Waals surface area contributed by atoms with Crippen LogP contribution in [0.4, 0.5) is 0 Å². The molecule has 1 heterocycles. The second kappa shape index (κ2) is 3.76. The molecule has 82 valence electrons. The minimum atomic E-state index is -0.316. The van der Waals surface area contributed by atoms with Crippen molar-refractivity contribution in [2.24, 2.45) is 0 Å². The summed E-state index contributed by atoms with van der Waals surface area (Å²) in [6.45, 7) is 0. The third kappa shape index (κ3) is 1.44. The molecule has 0 amide bonds. The molecule has 3 rings (SSSR count). The highest BCUT2D eigenvalue weighted by atomic mass is 16.3. The molecule has 16 heavy (non-hydrogen) atoms. The molecule has 0 saturated carbocycles. The van der Waals surface area contributed by atoms with Crippen molar-refractivity contribution in [3.8, 4) is 0 Å². The van der Waals surface area contributed by atoms with E-state index in [4.69, 9.17) is 0 Å². The van der Waals surface area contributed by atoms with Crippen LogP contribution < -0.4 is 0 Å². The molecule has 3 heteroatoms. The van der Waals surface area contributed by atoms with Crippen molar-refractivity contribution < 1.29 is 5.11 Å². The number of hydrogen-bond acceptors (Lipinski definition) is 2. The Balaban J connectivity index is 2.10. The van der Waals surface area contributed by atoms with Gasteiger partial charge < -0.3 is 9.67 Å². The van der Waals surface area contributed by atoms with Gasteiger partial charge in [-0.2, -0.15) is 0 Å². The maximum absolute atomic E-state index is 10.1. The molecule has 0 unspecified atom stereocenters. The Morgan fingerprint density at radius 2 is 2.19 bits per heavy atom. The topological polar surface area (TPSA) is 38.0 Å². The second-order valence-corrected chi connectivity index (χ2v) is 4.26. The quantitative estimate of drug-likeness (QED) is 0.785. The lowest BCUT2D eigenvalue weighted by molar-refractivity contribution is 0.113. The lowest BCUT2D eigenvalue weighted by atomic mass is 9.85. The number of aromatic nitrogens is 2. The van der Waals surface area contributed by atoms with E-state index in [9.17, 15) is 5.11 Å². The number of rotatable bonds is 1. The van der Waals surface area contributed by atoms with Crippen LogP contribution in [0.2, 0.25) is 0 Å². The van der Waals surface area contributed by atoms with Crippen LogP contribution in [0.25, 0.3) is 0 Å². The van der Waals surface area contributed by atoms with Gasteiger partial charge in [-0.1, -0.05) is 24.3 Å². The van der Waals surface area contributed by atoms with E-state index in [-0.39, 0.29) is 12.1 Å². The summed E-state index contributed by atoms with van der Waals surface area (Å²) in [5.41, 5.74) is 2.56. The Morgan fingerprint density at radius 3 is 3.00 bits per heavy atom. The molecule has 1 aromatic carbocycles. The molecule has 1 aliphatic carbocycles. The Bertz CT molecular complexity index is 478. The molecular weight excluding hydrogens is 200 g/mol. The number of nitrogens with zero attached hydrogens (tertiary/aromatic N) is 2. The molecule has 0 aliphatic heterocycles. The summed E-state index contributed by atoms with van der Waals surface area (Å²) in [5.74, 6) is 0. The van der Waals surface area contributed by atoms with E-state index in [1.165, 1.54) is 11.1 Å². The van der Waals surface area contributed by atoms with E-state index in [1.54, 1.807) is 12.5 Å².